The highest BCUT2D eigenvalue weighted by molar-refractivity contribution is 9.10. The van der Waals surface area contributed by atoms with Crippen molar-refractivity contribution in [2.24, 2.45) is 0 Å². The van der Waals surface area contributed by atoms with Gasteiger partial charge in [-0.25, -0.2) is 0 Å². The third-order valence-corrected chi connectivity index (χ3v) is 7.08. The number of benzene rings is 3. The van der Waals surface area contributed by atoms with Crippen LogP contribution in [0, 0.1) is 15.5 Å². The van der Waals surface area contributed by atoms with E-state index in [1.54, 1.807) is 41.3 Å². The van der Waals surface area contributed by atoms with Gasteiger partial charge >= 0.3 is 0 Å². The molecular weight excluding hydrogens is 522 g/mol. The fourth-order valence-electron chi connectivity index (χ4n) is 4.97. The van der Waals surface area contributed by atoms with Crippen LogP contribution in [0.25, 0.3) is 5.76 Å². The van der Waals surface area contributed by atoms with E-state index in [9.17, 15) is 25.4 Å². The number of non-ortho nitro benzene ring substituents is 1. The van der Waals surface area contributed by atoms with Crippen molar-refractivity contribution in [3.8, 4) is 0 Å². The fraction of sp³-hybridized carbons (Fsp3) is 0.143. The van der Waals surface area contributed by atoms with Crippen LogP contribution in [0.5, 0.6) is 0 Å². The second-order valence-corrected chi connectivity index (χ2v) is 9.63. The van der Waals surface area contributed by atoms with Crippen molar-refractivity contribution >= 4 is 44.7 Å². The number of nitrogens with one attached hydrogen (secondary N) is 1. The summed E-state index contributed by atoms with van der Waals surface area (Å²) in [4.78, 5) is 26.3. The number of halogens is 1. The summed E-state index contributed by atoms with van der Waals surface area (Å²) in [6.45, 7) is 0. The lowest BCUT2D eigenvalue weighted by atomic mass is 9.73. The van der Waals surface area contributed by atoms with Crippen LogP contribution >= 0.6 is 15.9 Å². The zero-order chi connectivity index (χ0) is 25.4. The normalized spacial score (nSPS) is 19.2. The van der Waals surface area contributed by atoms with Gasteiger partial charge in [0.25, 0.3) is 5.69 Å². The molecule has 3 aromatic rings. The van der Waals surface area contributed by atoms with Crippen molar-refractivity contribution in [2.75, 3.05) is 4.90 Å². The predicted octanol–water partition coefficient (Wildman–Crippen LogP) is 6.91. The van der Waals surface area contributed by atoms with Crippen LogP contribution < -0.4 is 4.90 Å². The van der Waals surface area contributed by atoms with E-state index in [0.29, 0.717) is 47.3 Å². The van der Waals surface area contributed by atoms with E-state index in [1.807, 2.05) is 30.3 Å². The second-order valence-electron chi connectivity index (χ2n) is 8.71. The lowest BCUT2D eigenvalue weighted by molar-refractivity contribution is -0.384. The Morgan fingerprint density at radius 1 is 1.03 bits per heavy atom. The standard InChI is InChI=1S/C28H22BrN3O4/c29-19-12-14-20(15-13-19)31-22-10-5-11-23(33)25(22)24(18-8-4-9-21(16-18)32(35)36)26(28(31)30)27(34)17-6-2-1-3-7-17/h1-4,6-9,12-16,24,30,34H,5,10-11H2/b27-26+,30-28?. The highest BCUT2D eigenvalue weighted by Gasteiger charge is 2.43. The summed E-state index contributed by atoms with van der Waals surface area (Å²) in [5, 5.41) is 32.4. The molecule has 1 unspecified atom stereocenters. The first-order valence-electron chi connectivity index (χ1n) is 11.5. The molecule has 2 aliphatic rings. The molecule has 0 amide bonds. The maximum atomic E-state index is 13.5. The molecule has 2 N–H and O–H groups in total. The number of hydrogen-bond acceptors (Lipinski definition) is 5. The molecule has 8 heteroatoms. The molecule has 1 aliphatic carbocycles. The van der Waals surface area contributed by atoms with Gasteiger partial charge in [0, 0.05) is 57.0 Å². The van der Waals surface area contributed by atoms with Gasteiger partial charge in [0.15, 0.2) is 5.78 Å². The van der Waals surface area contributed by atoms with Gasteiger partial charge in [0.2, 0.25) is 0 Å². The summed E-state index contributed by atoms with van der Waals surface area (Å²) in [6, 6.07) is 22.4. The van der Waals surface area contributed by atoms with Crippen molar-refractivity contribution < 1.29 is 14.8 Å². The first-order chi connectivity index (χ1) is 17.4. The number of allylic oxidation sites excluding steroid dienone is 2. The summed E-state index contributed by atoms with van der Waals surface area (Å²) in [5.74, 6) is -0.999. The average molecular weight is 544 g/mol. The number of nitro benzene ring substituents is 1. The van der Waals surface area contributed by atoms with E-state index in [1.165, 1.54) is 12.1 Å². The molecule has 7 nitrogen and oxygen atoms in total. The zero-order valence-electron chi connectivity index (χ0n) is 19.1. The molecule has 1 atom stereocenters. The average Bonchev–Trinajstić information content (AvgIpc) is 2.89. The number of rotatable bonds is 4. The minimum Gasteiger partial charge on any atom is -0.507 e. The number of carbonyl (C=O) groups is 1. The molecule has 0 bridgehead atoms. The number of anilines is 1. The maximum Gasteiger partial charge on any atom is 0.269 e. The van der Waals surface area contributed by atoms with E-state index in [4.69, 9.17) is 0 Å². The van der Waals surface area contributed by atoms with Gasteiger partial charge in [-0.2, -0.15) is 0 Å². The number of ketones is 1. The van der Waals surface area contributed by atoms with Gasteiger partial charge in [-0.1, -0.05) is 58.4 Å². The Bertz CT molecular complexity index is 1450. The highest BCUT2D eigenvalue weighted by Crippen LogP contribution is 2.48. The van der Waals surface area contributed by atoms with Gasteiger partial charge < -0.3 is 5.11 Å². The van der Waals surface area contributed by atoms with Crippen molar-refractivity contribution in [1.29, 1.82) is 5.41 Å². The van der Waals surface area contributed by atoms with Crippen molar-refractivity contribution in [3.05, 3.63) is 121 Å². The summed E-state index contributed by atoms with van der Waals surface area (Å²) < 4.78 is 0.876. The van der Waals surface area contributed by atoms with E-state index in [-0.39, 0.29) is 28.6 Å². The Morgan fingerprint density at radius 3 is 2.44 bits per heavy atom. The Hall–Kier alpha value is -4.04. The molecular formula is C28H22BrN3O4. The second kappa shape index (κ2) is 9.54. The number of amidine groups is 1. The quantitative estimate of drug-likeness (QED) is 0.211. The first-order valence-corrected chi connectivity index (χ1v) is 12.3. The molecule has 0 aromatic heterocycles. The summed E-state index contributed by atoms with van der Waals surface area (Å²) in [6.07, 6.45) is 1.55. The molecule has 0 fully saturated rings. The van der Waals surface area contributed by atoms with E-state index in [2.05, 4.69) is 15.9 Å². The maximum absolute atomic E-state index is 13.5. The van der Waals surface area contributed by atoms with Crippen LogP contribution in [0.2, 0.25) is 0 Å². The van der Waals surface area contributed by atoms with Crippen LogP contribution in [-0.2, 0) is 4.79 Å². The molecule has 5 rings (SSSR count). The molecule has 0 saturated heterocycles. The highest BCUT2D eigenvalue weighted by atomic mass is 79.9. The van der Waals surface area contributed by atoms with Crippen LogP contribution in [0.1, 0.15) is 36.3 Å². The van der Waals surface area contributed by atoms with Gasteiger partial charge in [-0.3, -0.25) is 25.2 Å². The third kappa shape index (κ3) is 4.13. The van der Waals surface area contributed by atoms with E-state index < -0.39 is 10.8 Å². The summed E-state index contributed by atoms with van der Waals surface area (Å²) in [5.41, 5.74) is 2.97. The monoisotopic (exact) mass is 543 g/mol. The molecule has 0 saturated carbocycles. The number of carbonyl (C=O) groups excluding carboxylic acids is 1. The van der Waals surface area contributed by atoms with Crippen LogP contribution in [0.3, 0.4) is 0 Å². The predicted molar refractivity (Wildman–Crippen MR) is 142 cm³/mol. The lowest BCUT2D eigenvalue weighted by Gasteiger charge is -2.41. The largest absolute Gasteiger partial charge is 0.507 e. The topological polar surface area (TPSA) is 108 Å². The smallest absolute Gasteiger partial charge is 0.269 e. The number of Topliss-reactive ketones (excluding diaryl/α,β-unsaturated/α-hetero) is 1. The lowest BCUT2D eigenvalue weighted by Crippen LogP contribution is -2.42. The molecule has 3 aromatic carbocycles. The number of aliphatic hydroxyl groups is 1. The Kier molecular flexibility index (Phi) is 6.28. The van der Waals surface area contributed by atoms with Gasteiger partial charge in [-0.05, 0) is 42.7 Å². The Morgan fingerprint density at radius 2 is 1.75 bits per heavy atom. The third-order valence-electron chi connectivity index (χ3n) is 6.56. The molecule has 36 heavy (non-hydrogen) atoms. The minimum absolute atomic E-state index is 0.0311. The van der Waals surface area contributed by atoms with Gasteiger partial charge in [0.05, 0.1) is 4.92 Å². The SMILES string of the molecule is N=C1/C(=C(/O)c2ccccc2)C(c2cccc([N+](=O)[O-])c2)C2=C(CCCC2=O)N1c1ccc(Br)cc1. The summed E-state index contributed by atoms with van der Waals surface area (Å²) >= 11 is 3.44. The molecule has 1 aliphatic heterocycles. The molecule has 0 radical (unpaired) electrons. The van der Waals surface area contributed by atoms with Gasteiger partial charge in [0.1, 0.15) is 11.6 Å². The van der Waals surface area contributed by atoms with Gasteiger partial charge in [-0.15, -0.1) is 0 Å². The first kappa shape index (κ1) is 23.7. The molecule has 1 heterocycles. The van der Waals surface area contributed by atoms with E-state index in [0.717, 1.165) is 4.47 Å². The Balaban J connectivity index is 1.83. The number of aliphatic hydroxyl groups excluding tert-OH is 1. The number of nitro groups is 1. The minimum atomic E-state index is -0.813. The van der Waals surface area contributed by atoms with E-state index >= 15 is 0 Å². The zero-order valence-corrected chi connectivity index (χ0v) is 20.7. The van der Waals surface area contributed by atoms with Crippen molar-refractivity contribution in [1.82, 2.24) is 0 Å². The number of hydrogen-bond donors (Lipinski definition) is 2. The van der Waals surface area contributed by atoms with Crippen molar-refractivity contribution in [2.45, 2.75) is 25.2 Å². The van der Waals surface area contributed by atoms with Crippen LogP contribution in [0.4, 0.5) is 11.4 Å². The number of nitrogens with zero attached hydrogens (tertiary/aromatic N) is 2. The molecule has 0 spiro atoms. The van der Waals surface area contributed by atoms with Crippen molar-refractivity contribution in [3.63, 3.8) is 0 Å². The Labute approximate surface area is 216 Å². The van der Waals surface area contributed by atoms with Crippen LogP contribution in [0.15, 0.2) is 100 Å². The fourth-order valence-corrected chi connectivity index (χ4v) is 5.23. The molecule has 180 valence electrons. The summed E-state index contributed by atoms with van der Waals surface area (Å²) in [7, 11) is 0. The van der Waals surface area contributed by atoms with Crippen LogP contribution in [-0.4, -0.2) is 21.6 Å².